The molecule has 0 saturated carbocycles. The van der Waals surface area contributed by atoms with Gasteiger partial charge in [-0.1, -0.05) is 146 Å². The van der Waals surface area contributed by atoms with Gasteiger partial charge in [-0.3, -0.25) is 0 Å². The molecule has 244 valence electrons. The molecule has 0 unspecified atom stereocenters. The zero-order valence-corrected chi connectivity index (χ0v) is 29.2. The number of benzene rings is 9. The van der Waals surface area contributed by atoms with Crippen molar-refractivity contribution in [3.05, 3.63) is 200 Å². The van der Waals surface area contributed by atoms with Crippen LogP contribution in [0.3, 0.4) is 0 Å². The molecule has 9 aromatic carbocycles. The monoisotopic (exact) mass is 679 g/mol. The predicted molar refractivity (Wildman–Crippen MR) is 225 cm³/mol. The Morgan fingerprint density at radius 2 is 0.808 bits per heavy atom. The summed E-state index contributed by atoms with van der Waals surface area (Å²) in [5.41, 5.74) is 10.7. The Hall–Kier alpha value is -6.48. The number of hydrogen-bond donors (Lipinski definition) is 0. The van der Waals surface area contributed by atoms with Crippen molar-refractivity contribution in [3.63, 3.8) is 0 Å². The van der Waals surface area contributed by atoms with Crippen LogP contribution in [0.4, 0.5) is 17.1 Å². The summed E-state index contributed by atoms with van der Waals surface area (Å²) in [6, 6.07) is 72.8. The van der Waals surface area contributed by atoms with Crippen LogP contribution in [0.5, 0.6) is 0 Å². The van der Waals surface area contributed by atoms with Crippen LogP contribution in [0.25, 0.3) is 75.1 Å². The van der Waals surface area contributed by atoms with Gasteiger partial charge in [0.1, 0.15) is 0 Å². The number of hydrogen-bond acceptors (Lipinski definition) is 2. The lowest BCUT2D eigenvalue weighted by Gasteiger charge is -2.26. The van der Waals surface area contributed by atoms with Gasteiger partial charge in [0, 0.05) is 37.2 Å². The number of thiophene rings is 1. The van der Waals surface area contributed by atoms with Crippen LogP contribution in [0.1, 0.15) is 0 Å². The molecule has 0 spiro atoms. The minimum Gasteiger partial charge on any atom is -0.311 e. The maximum Gasteiger partial charge on any atom is 0.0462 e. The maximum absolute atomic E-state index is 2.37. The summed E-state index contributed by atoms with van der Waals surface area (Å²) < 4.78 is 2.65. The molecule has 0 fully saturated rings. The topological polar surface area (TPSA) is 3.24 Å². The first-order valence-corrected chi connectivity index (χ1v) is 18.6. The van der Waals surface area contributed by atoms with E-state index < -0.39 is 0 Å². The third kappa shape index (κ3) is 5.33. The lowest BCUT2D eigenvalue weighted by molar-refractivity contribution is 1.28. The van der Waals surface area contributed by atoms with E-state index in [0.717, 1.165) is 17.1 Å². The quantitative estimate of drug-likeness (QED) is 0.169. The fourth-order valence-corrected chi connectivity index (χ4v) is 8.85. The Labute approximate surface area is 307 Å². The van der Waals surface area contributed by atoms with Crippen molar-refractivity contribution in [2.24, 2.45) is 0 Å². The van der Waals surface area contributed by atoms with Crippen LogP contribution in [0.2, 0.25) is 0 Å². The van der Waals surface area contributed by atoms with Crippen LogP contribution in [-0.2, 0) is 0 Å². The SMILES string of the molecule is c1ccc(-c2ccc(N(c3ccc(-c4cccc5ccccc45)cc3)c3ccc(-c4cccc5sc6cc7ccccc7cc6c45)cc3)cc2)cc1. The average Bonchev–Trinajstić information content (AvgIpc) is 3.58. The van der Waals surface area contributed by atoms with Gasteiger partial charge in [0.2, 0.25) is 0 Å². The Bertz CT molecular complexity index is 2860. The minimum atomic E-state index is 1.11. The van der Waals surface area contributed by atoms with E-state index in [0.29, 0.717) is 0 Å². The van der Waals surface area contributed by atoms with Crippen LogP contribution in [-0.4, -0.2) is 0 Å². The molecule has 2 heteroatoms. The first kappa shape index (κ1) is 30.4. The zero-order chi connectivity index (χ0) is 34.4. The highest BCUT2D eigenvalue weighted by molar-refractivity contribution is 7.26. The van der Waals surface area contributed by atoms with Gasteiger partial charge in [-0.15, -0.1) is 11.3 Å². The van der Waals surface area contributed by atoms with Crippen molar-refractivity contribution in [1.29, 1.82) is 0 Å². The first-order valence-electron chi connectivity index (χ1n) is 17.8. The zero-order valence-electron chi connectivity index (χ0n) is 28.4. The van der Waals surface area contributed by atoms with Crippen LogP contribution in [0, 0.1) is 0 Å². The molecule has 0 aliphatic heterocycles. The minimum absolute atomic E-state index is 1.11. The van der Waals surface area contributed by atoms with Crippen molar-refractivity contribution in [3.8, 4) is 33.4 Å². The van der Waals surface area contributed by atoms with Gasteiger partial charge in [0.15, 0.2) is 0 Å². The molecular formula is C50H33NS. The summed E-state index contributed by atoms with van der Waals surface area (Å²) in [6.07, 6.45) is 0. The molecule has 1 aromatic heterocycles. The van der Waals surface area contributed by atoms with Crippen LogP contribution in [0.15, 0.2) is 200 Å². The van der Waals surface area contributed by atoms with Gasteiger partial charge >= 0.3 is 0 Å². The Morgan fingerprint density at radius 1 is 0.308 bits per heavy atom. The van der Waals surface area contributed by atoms with E-state index in [1.54, 1.807) is 0 Å². The smallest absolute Gasteiger partial charge is 0.0462 e. The van der Waals surface area contributed by atoms with E-state index in [9.17, 15) is 0 Å². The molecule has 52 heavy (non-hydrogen) atoms. The normalized spacial score (nSPS) is 11.5. The van der Waals surface area contributed by atoms with Gasteiger partial charge in [-0.05, 0) is 110 Å². The number of fused-ring (bicyclic) bond motifs is 5. The predicted octanol–water partition coefficient (Wildman–Crippen LogP) is 14.8. The molecule has 1 heterocycles. The molecule has 1 nitrogen and oxygen atoms in total. The van der Waals surface area contributed by atoms with E-state index >= 15 is 0 Å². The van der Waals surface area contributed by atoms with Crippen LogP contribution >= 0.6 is 11.3 Å². The van der Waals surface area contributed by atoms with E-state index in [2.05, 4.69) is 205 Å². The van der Waals surface area contributed by atoms with Crippen molar-refractivity contribution in [1.82, 2.24) is 0 Å². The highest BCUT2D eigenvalue weighted by Crippen LogP contribution is 2.43. The Kier molecular flexibility index (Phi) is 7.41. The van der Waals surface area contributed by atoms with E-state index in [1.165, 1.54) is 75.1 Å². The molecule has 0 aliphatic carbocycles. The summed E-state index contributed by atoms with van der Waals surface area (Å²) in [6.45, 7) is 0. The second-order valence-electron chi connectivity index (χ2n) is 13.3. The van der Waals surface area contributed by atoms with Gasteiger partial charge < -0.3 is 4.90 Å². The van der Waals surface area contributed by atoms with E-state index in [4.69, 9.17) is 0 Å². The molecular weight excluding hydrogens is 647 g/mol. The second-order valence-corrected chi connectivity index (χ2v) is 14.4. The fraction of sp³-hybridized carbons (Fsp3) is 0. The van der Waals surface area contributed by atoms with Crippen molar-refractivity contribution < 1.29 is 0 Å². The van der Waals surface area contributed by atoms with Crippen molar-refractivity contribution >= 4 is 70.1 Å². The Balaban J connectivity index is 1.06. The molecule has 0 amide bonds. The average molecular weight is 680 g/mol. The summed E-state index contributed by atoms with van der Waals surface area (Å²) in [5, 5.41) is 7.74. The van der Waals surface area contributed by atoms with Gasteiger partial charge in [-0.2, -0.15) is 0 Å². The second kappa shape index (κ2) is 12.7. The lowest BCUT2D eigenvalue weighted by Crippen LogP contribution is -2.09. The van der Waals surface area contributed by atoms with E-state index in [-0.39, 0.29) is 0 Å². The molecule has 0 radical (unpaired) electrons. The summed E-state index contributed by atoms with van der Waals surface area (Å²) in [7, 11) is 0. The molecule has 0 N–H and O–H groups in total. The van der Waals surface area contributed by atoms with Gasteiger partial charge in [-0.25, -0.2) is 0 Å². The van der Waals surface area contributed by atoms with Gasteiger partial charge in [0.05, 0.1) is 0 Å². The molecule has 10 rings (SSSR count). The third-order valence-corrected chi connectivity index (χ3v) is 11.4. The number of anilines is 3. The third-order valence-electron chi connectivity index (χ3n) is 10.3. The van der Waals surface area contributed by atoms with Gasteiger partial charge in [0.25, 0.3) is 0 Å². The molecule has 0 bridgehead atoms. The first-order chi connectivity index (χ1) is 25.8. The fourth-order valence-electron chi connectivity index (χ4n) is 7.69. The number of rotatable bonds is 6. The molecule has 0 atom stereocenters. The van der Waals surface area contributed by atoms with Crippen molar-refractivity contribution in [2.45, 2.75) is 0 Å². The Morgan fingerprint density at radius 3 is 1.50 bits per heavy atom. The lowest BCUT2D eigenvalue weighted by atomic mass is 9.97. The highest BCUT2D eigenvalue weighted by Gasteiger charge is 2.16. The molecule has 10 aromatic rings. The maximum atomic E-state index is 2.37. The largest absolute Gasteiger partial charge is 0.311 e. The number of nitrogens with zero attached hydrogens (tertiary/aromatic N) is 1. The van der Waals surface area contributed by atoms with E-state index in [1.807, 2.05) is 11.3 Å². The van der Waals surface area contributed by atoms with Crippen molar-refractivity contribution in [2.75, 3.05) is 4.90 Å². The molecule has 0 saturated heterocycles. The summed E-state index contributed by atoms with van der Waals surface area (Å²) in [4.78, 5) is 2.36. The summed E-state index contributed by atoms with van der Waals surface area (Å²) in [5.74, 6) is 0. The highest BCUT2D eigenvalue weighted by atomic mass is 32.1. The standard InChI is InChI=1S/C50H33NS/c1-2-10-34(11-3-1)35-20-26-41(27-21-35)51(42-28-22-37(23-29-42)45-17-8-15-36-12-6-7-16-44(36)45)43-30-24-38(25-31-43)46-18-9-19-48-50(46)47-32-39-13-4-5-14-40(39)33-49(47)52-48/h1-33H. The molecule has 0 aliphatic rings. The summed E-state index contributed by atoms with van der Waals surface area (Å²) >= 11 is 1.88. The van der Waals surface area contributed by atoms with Crippen LogP contribution < -0.4 is 4.90 Å².